The van der Waals surface area contributed by atoms with Crippen LogP contribution in [0.1, 0.15) is 119 Å². The number of hydrogen-bond acceptors (Lipinski definition) is 24. The second-order valence-electron chi connectivity index (χ2n) is 30.4. The maximum absolute atomic E-state index is 14.4. The molecule has 0 amide bonds. The highest BCUT2D eigenvalue weighted by atomic mass is 35.5. The van der Waals surface area contributed by atoms with Gasteiger partial charge in [0.15, 0.2) is 69.6 Å². The number of aryl methyl sites for hydroxylation is 6. The lowest BCUT2D eigenvalue weighted by molar-refractivity contribution is -0.0413. The van der Waals surface area contributed by atoms with Crippen molar-refractivity contribution >= 4 is 109 Å². The third-order valence-corrected chi connectivity index (χ3v) is 24.5. The minimum atomic E-state index is -1.36. The van der Waals surface area contributed by atoms with E-state index in [2.05, 4.69) is 145 Å². The quantitative estimate of drug-likeness (QED) is 0.0360. The summed E-state index contributed by atoms with van der Waals surface area (Å²) in [6, 6.07) is 0. The van der Waals surface area contributed by atoms with Crippen LogP contribution in [0.4, 0.5) is 4.39 Å². The molecule has 12 N–H and O–H groups in total. The summed E-state index contributed by atoms with van der Waals surface area (Å²) in [6.07, 6.45) is 10.2. The number of rotatable bonds is 21. The normalized spacial score (nSPS) is 26.6. The molecule has 0 aromatic carbocycles. The van der Waals surface area contributed by atoms with E-state index in [1.165, 1.54) is 4.57 Å². The van der Waals surface area contributed by atoms with Crippen LogP contribution in [-0.4, -0.2) is 295 Å². The average Bonchev–Trinajstić information content (AvgIpc) is 1.63. The Labute approximate surface area is 611 Å². The van der Waals surface area contributed by atoms with Gasteiger partial charge in [-0.2, -0.15) is 9.37 Å². The van der Waals surface area contributed by atoms with Crippen LogP contribution in [-0.2, 0) is 31.8 Å². The van der Waals surface area contributed by atoms with Crippen molar-refractivity contribution in [2.24, 2.45) is 0 Å². The summed E-state index contributed by atoms with van der Waals surface area (Å²) in [7, 11) is 0. The third kappa shape index (κ3) is 19.3. The zero-order chi connectivity index (χ0) is 77.6. The number of nitrogens with zero attached hydrogens (tertiary/aromatic N) is 12. The second-order valence-corrected chi connectivity index (χ2v) is 48.0. The number of hydrogen-bond donors (Lipinski definition) is 12. The highest BCUT2D eigenvalue weighted by molar-refractivity contribution is 7.73. The van der Waals surface area contributed by atoms with E-state index < -0.39 is 143 Å². The number of aliphatic hydroxyl groups is 8. The zero-order valence-electron chi connectivity index (χ0n) is 62.0. The van der Waals surface area contributed by atoms with Gasteiger partial charge in [0.25, 0.3) is 28.3 Å². The Bertz CT molecular complexity index is 4750. The van der Waals surface area contributed by atoms with Gasteiger partial charge < -0.3 is 79.7 Å². The van der Waals surface area contributed by atoms with E-state index in [1.54, 1.807) is 36.8 Å². The molecule has 38 heteroatoms. The highest BCUT2D eigenvalue weighted by Gasteiger charge is 2.49. The standard InChI is InChI=1S/C19H31N4O4P.C18H29N4O4P.C15H22ClN4O4P.C15H22FN4O4P/c1-6-7-8-13-22-14-17(20-11(2)21-18(14)26)23(13)19-16(25)15(24)12(27-19)9-10-28(3,4)5;1-6-7-12-21-13-16(19-10(2)20-17(13)25)22(12)18-15(24)14(23)11(26-18)8-9-27(3,4)5;2*1-7-17-12-9(13(23)18-7)19-15(16)20(12)14-11(22)10(21)8(24-14)5-6-25(2,3)4/h12,15-16,19,24-25H,3,6-10H2,1-2,4-5H3,(H,20,21,26);11,14-15,18,23-24H,3,6-9H2,1-2,4-5H3,(H,19,20,25);2*8,10-11,14,21-22H,2,5-6H2,1,3-4H3,(H,17,18,23)/t12-,15-,16-,19?;11-,14-,15-,18?;2*8-,10-,11-,14?/m1111/s1. The van der Waals surface area contributed by atoms with Crippen LogP contribution < -0.4 is 22.2 Å². The van der Waals surface area contributed by atoms with Crippen molar-refractivity contribution < 1.29 is 64.2 Å². The van der Waals surface area contributed by atoms with Gasteiger partial charge in [0.1, 0.15) is 83.8 Å². The van der Waals surface area contributed by atoms with Gasteiger partial charge in [-0.25, -0.2) is 34.9 Å². The van der Waals surface area contributed by atoms with E-state index in [-0.39, 0.29) is 55.6 Å². The molecule has 0 spiro atoms. The van der Waals surface area contributed by atoms with Crippen molar-refractivity contribution in [3.63, 3.8) is 0 Å². The van der Waals surface area contributed by atoms with Gasteiger partial charge in [0.2, 0.25) is 5.28 Å². The minimum absolute atomic E-state index is 0.0272. The van der Waals surface area contributed by atoms with Crippen molar-refractivity contribution in [1.82, 2.24) is 78.1 Å². The summed E-state index contributed by atoms with van der Waals surface area (Å²) in [5.74, 6) is 2.87. The summed E-state index contributed by atoms with van der Waals surface area (Å²) in [5.41, 5.74) is -0.336. The molecule has 12 heterocycles. The number of imidazole rings is 4. The van der Waals surface area contributed by atoms with E-state index >= 15 is 0 Å². The number of ether oxygens (including phenoxy) is 4. The van der Waals surface area contributed by atoms with E-state index in [0.29, 0.717) is 78.9 Å². The summed E-state index contributed by atoms with van der Waals surface area (Å²) < 4.78 is 43.8. The van der Waals surface area contributed by atoms with Crippen molar-refractivity contribution in [3.8, 4) is 0 Å². The van der Waals surface area contributed by atoms with Crippen LogP contribution in [0.25, 0.3) is 44.7 Å². The van der Waals surface area contributed by atoms with Crippen LogP contribution in [0.15, 0.2) is 19.2 Å². The monoisotopic (exact) mass is 1570 g/mol. The fourth-order valence-electron chi connectivity index (χ4n) is 12.9. The molecule has 32 nitrogen and oxygen atoms in total. The Hall–Kier alpha value is -5.66. The summed E-state index contributed by atoms with van der Waals surface area (Å²) >= 11 is 6.16. The Morgan fingerprint density at radius 3 is 0.971 bits per heavy atom. The molecular formula is C67H104ClFN16O16P4. The number of nitrogens with one attached hydrogen (secondary N) is 4. The molecule has 4 aliphatic heterocycles. The number of unbranched alkanes of at least 4 members (excludes halogenated alkanes) is 1. The molecule has 4 fully saturated rings. The van der Waals surface area contributed by atoms with E-state index in [9.17, 15) is 64.4 Å². The zero-order valence-corrected chi connectivity index (χ0v) is 66.3. The van der Waals surface area contributed by atoms with E-state index in [0.717, 1.165) is 48.5 Å². The van der Waals surface area contributed by atoms with Crippen LogP contribution in [0.2, 0.25) is 5.28 Å². The molecule has 0 radical (unpaired) electrons. The molecule has 0 saturated carbocycles. The topological polar surface area (TPSA) is 453 Å². The summed E-state index contributed by atoms with van der Waals surface area (Å²) in [4.78, 5) is 92.6. The van der Waals surface area contributed by atoms with Crippen LogP contribution in [0.5, 0.6) is 0 Å². The molecular weight excluding hydrogens is 1460 g/mol. The number of aromatic nitrogens is 16. The van der Waals surface area contributed by atoms with Crippen molar-refractivity contribution in [1.29, 1.82) is 0 Å². The highest BCUT2D eigenvalue weighted by Crippen LogP contribution is 2.45. The number of halogens is 2. The predicted octanol–water partition coefficient (Wildman–Crippen LogP) is 3.67. The molecule has 582 valence electrons. The first-order valence-electron chi connectivity index (χ1n) is 34.9. The molecule has 8 aromatic rings. The molecule has 0 aliphatic carbocycles. The van der Waals surface area contributed by atoms with Gasteiger partial charge in [-0.3, -0.25) is 37.4 Å². The van der Waals surface area contributed by atoms with Gasteiger partial charge in [0.05, 0.1) is 24.4 Å². The number of fused-ring (bicyclic) bond motifs is 4. The van der Waals surface area contributed by atoms with Crippen molar-refractivity contribution in [3.05, 3.63) is 87.7 Å². The molecule has 16 atom stereocenters. The summed E-state index contributed by atoms with van der Waals surface area (Å²) in [6.45, 7) is 22.4. The lowest BCUT2D eigenvalue weighted by atomic mass is 10.1. The maximum Gasteiger partial charge on any atom is 0.293 e. The van der Waals surface area contributed by atoms with Crippen LogP contribution in [0.3, 0.4) is 0 Å². The largest absolute Gasteiger partial charge is 0.388 e. The number of H-pyrrole nitrogens is 4. The first kappa shape index (κ1) is 83.4. The number of aliphatic hydroxyl groups excluding tert-OH is 8. The first-order chi connectivity index (χ1) is 48.9. The van der Waals surface area contributed by atoms with Gasteiger partial charge >= 0.3 is 0 Å². The van der Waals surface area contributed by atoms with Crippen LogP contribution in [0, 0.1) is 33.8 Å². The van der Waals surface area contributed by atoms with Gasteiger partial charge in [-0.1, -0.05) is 20.3 Å². The molecule has 4 aliphatic rings. The van der Waals surface area contributed by atoms with Crippen LogP contribution >= 0.6 is 39.1 Å². The van der Waals surface area contributed by atoms with Crippen molar-refractivity contribution in [2.75, 3.05) is 78.0 Å². The minimum Gasteiger partial charge on any atom is -0.388 e. The van der Waals surface area contributed by atoms with Crippen molar-refractivity contribution in [2.45, 2.75) is 197 Å². The molecule has 12 rings (SSSR count). The molecule has 105 heavy (non-hydrogen) atoms. The molecule has 8 aromatic heterocycles. The Balaban J connectivity index is 0.000000162. The summed E-state index contributed by atoms with van der Waals surface area (Å²) in [5, 5.41) is 83.9. The molecule has 4 saturated heterocycles. The second kappa shape index (κ2) is 33.3. The Kier molecular flexibility index (Phi) is 26.4. The van der Waals surface area contributed by atoms with E-state index in [1.807, 2.05) is 6.92 Å². The fourth-order valence-corrected chi connectivity index (χ4v) is 17.0. The number of aromatic amines is 4. The SMILES string of the molecule is C=P(C)(C)CC[C@H]1OC(n2c(CCC)nc3c(=O)[nH]c(C)nc32)[C@H](O)[C@@H]1O.C=P(C)(C)CC[C@H]1OC(n2c(CCCC)nc3c(=O)[nH]c(C)nc32)[C@H](O)[C@@H]1O.C=P(C)(C)CC[C@H]1OC(n2c(Cl)nc3c(=O)[nH]c(C)nc32)[C@H](O)[C@@H]1O.C=P(C)(C)CC[C@H]1OC(n2c(F)nc3c(=O)[nH]c(C)nc32)[C@H](O)[C@@H]1O. The average molecular weight is 1570 g/mol. The van der Waals surface area contributed by atoms with Gasteiger partial charge in [-0.15, -0.1) is 52.7 Å². The van der Waals surface area contributed by atoms with Gasteiger partial charge in [0, 0.05) is 12.8 Å². The maximum atomic E-state index is 14.4. The molecule has 4 unspecified atom stereocenters. The first-order valence-corrected chi connectivity index (χ1v) is 47.5. The predicted molar refractivity (Wildman–Crippen MR) is 414 cm³/mol. The Morgan fingerprint density at radius 2 is 0.667 bits per heavy atom. The Morgan fingerprint density at radius 1 is 0.400 bits per heavy atom. The van der Waals surface area contributed by atoms with E-state index in [4.69, 9.17) is 30.5 Å². The van der Waals surface area contributed by atoms with Gasteiger partial charge in [-0.05, 0) is 156 Å². The lowest BCUT2D eigenvalue weighted by Crippen LogP contribution is -2.32. The third-order valence-electron chi connectivity index (χ3n) is 18.4. The fraction of sp³-hybridized carbons (Fsp3) is 0.642. The smallest absolute Gasteiger partial charge is 0.293 e. The molecule has 0 bridgehead atoms. The lowest BCUT2D eigenvalue weighted by Gasteiger charge is -2.20.